The molecule has 2 heterocycles. The number of likely N-dealkylation sites (tertiary alicyclic amines) is 1. The van der Waals surface area contributed by atoms with Crippen molar-refractivity contribution in [1.29, 1.82) is 0 Å². The van der Waals surface area contributed by atoms with Gasteiger partial charge < -0.3 is 14.5 Å². The summed E-state index contributed by atoms with van der Waals surface area (Å²) < 4.78 is 5.54. The largest absolute Gasteiger partial charge is 0.381 e. The van der Waals surface area contributed by atoms with Crippen molar-refractivity contribution < 1.29 is 14.3 Å². The molecule has 2 fully saturated rings. The molecule has 2 atom stereocenters. The summed E-state index contributed by atoms with van der Waals surface area (Å²) in [6, 6.07) is 5.91. The maximum atomic E-state index is 13.5. The van der Waals surface area contributed by atoms with Gasteiger partial charge in [0.2, 0.25) is 11.8 Å². The van der Waals surface area contributed by atoms with Gasteiger partial charge in [0, 0.05) is 55.7 Å². The first-order chi connectivity index (χ1) is 13.4. The number of methoxy groups -OCH3 is 1. The fourth-order valence-corrected chi connectivity index (χ4v) is 5.49. The zero-order valence-electron chi connectivity index (χ0n) is 16.7. The van der Waals surface area contributed by atoms with Crippen LogP contribution in [0.4, 0.5) is 5.69 Å². The normalized spacial score (nSPS) is 26.4. The van der Waals surface area contributed by atoms with Crippen LogP contribution in [0.15, 0.2) is 18.2 Å². The summed E-state index contributed by atoms with van der Waals surface area (Å²) in [5.74, 6) is 0.366. The van der Waals surface area contributed by atoms with Gasteiger partial charge in [0.25, 0.3) is 0 Å². The van der Waals surface area contributed by atoms with Crippen molar-refractivity contribution in [3.63, 3.8) is 0 Å². The fourth-order valence-electron chi connectivity index (χ4n) is 5.32. The van der Waals surface area contributed by atoms with Gasteiger partial charge in [-0.3, -0.25) is 9.59 Å². The lowest BCUT2D eigenvalue weighted by molar-refractivity contribution is -0.130. The molecule has 28 heavy (non-hydrogen) atoms. The SMILES string of the molecule is CO[C@@H]1CCC[C@H](C(=O)N2CC3(CCN(C(C)=O)CC3)c3cc(Cl)ccc32)C1. The smallest absolute Gasteiger partial charge is 0.230 e. The Kier molecular flexibility index (Phi) is 5.41. The highest BCUT2D eigenvalue weighted by Gasteiger charge is 2.47. The third kappa shape index (κ3) is 3.43. The molecule has 152 valence electrons. The summed E-state index contributed by atoms with van der Waals surface area (Å²) in [4.78, 5) is 29.2. The molecular weight excluding hydrogens is 376 g/mol. The van der Waals surface area contributed by atoms with Gasteiger partial charge in [-0.2, -0.15) is 0 Å². The number of halogens is 1. The molecule has 1 aromatic carbocycles. The van der Waals surface area contributed by atoms with Crippen molar-refractivity contribution in [3.05, 3.63) is 28.8 Å². The van der Waals surface area contributed by atoms with E-state index in [-0.39, 0.29) is 29.3 Å². The van der Waals surface area contributed by atoms with Crippen molar-refractivity contribution in [2.24, 2.45) is 5.92 Å². The van der Waals surface area contributed by atoms with E-state index in [2.05, 4.69) is 0 Å². The zero-order chi connectivity index (χ0) is 19.9. The van der Waals surface area contributed by atoms with Crippen LogP contribution < -0.4 is 4.90 Å². The number of carbonyl (C=O) groups excluding carboxylic acids is 2. The van der Waals surface area contributed by atoms with Crippen LogP contribution >= 0.6 is 11.6 Å². The topological polar surface area (TPSA) is 49.9 Å². The van der Waals surface area contributed by atoms with E-state index in [1.807, 2.05) is 28.0 Å². The lowest BCUT2D eigenvalue weighted by Gasteiger charge is -2.40. The van der Waals surface area contributed by atoms with Gasteiger partial charge in [-0.05, 0) is 55.9 Å². The molecule has 0 unspecified atom stereocenters. The highest BCUT2D eigenvalue weighted by molar-refractivity contribution is 6.30. The minimum Gasteiger partial charge on any atom is -0.381 e. The standard InChI is InChI=1S/C22H29ClN2O3/c1-15(26)24-10-8-22(9-11-24)14-25(20-7-6-17(23)13-19(20)22)21(27)16-4-3-5-18(12-16)28-2/h6-7,13,16,18H,3-5,8-12,14H2,1-2H3/t16-,18+/m0/s1. The van der Waals surface area contributed by atoms with Crippen molar-refractivity contribution in [2.75, 3.05) is 31.6 Å². The fraction of sp³-hybridized carbons (Fsp3) is 0.636. The third-order valence-corrected chi connectivity index (χ3v) is 7.26. The molecule has 1 saturated heterocycles. The van der Waals surface area contributed by atoms with Crippen LogP contribution in [0.25, 0.3) is 0 Å². The first-order valence-electron chi connectivity index (χ1n) is 10.3. The molecule has 4 rings (SSSR count). The lowest BCUT2D eigenvalue weighted by Crippen LogP contribution is -2.48. The number of rotatable bonds is 2. The van der Waals surface area contributed by atoms with Crippen molar-refractivity contribution >= 4 is 29.1 Å². The Morgan fingerprint density at radius 3 is 2.64 bits per heavy atom. The molecule has 2 aliphatic heterocycles. The van der Waals surface area contributed by atoms with Gasteiger partial charge in [0.15, 0.2) is 0 Å². The van der Waals surface area contributed by atoms with Gasteiger partial charge in [0.1, 0.15) is 0 Å². The molecular formula is C22H29ClN2O3. The second kappa shape index (κ2) is 7.68. The van der Waals surface area contributed by atoms with Crippen molar-refractivity contribution in [2.45, 2.75) is 57.0 Å². The molecule has 1 spiro atoms. The first kappa shape index (κ1) is 19.7. The van der Waals surface area contributed by atoms with Gasteiger partial charge in [0.05, 0.1) is 6.10 Å². The Bertz CT molecular complexity index is 773. The van der Waals surface area contributed by atoms with E-state index in [1.165, 1.54) is 5.56 Å². The number of hydrogen-bond donors (Lipinski definition) is 0. The van der Waals surface area contributed by atoms with Crippen LogP contribution in [0.1, 0.15) is 51.0 Å². The highest BCUT2D eigenvalue weighted by atomic mass is 35.5. The quantitative estimate of drug-likeness (QED) is 0.753. The van der Waals surface area contributed by atoms with E-state index >= 15 is 0 Å². The van der Waals surface area contributed by atoms with Gasteiger partial charge in [-0.15, -0.1) is 0 Å². The summed E-state index contributed by atoms with van der Waals surface area (Å²) >= 11 is 6.33. The number of benzene rings is 1. The molecule has 1 aliphatic carbocycles. The Morgan fingerprint density at radius 1 is 1.21 bits per heavy atom. The van der Waals surface area contributed by atoms with E-state index in [0.29, 0.717) is 11.6 Å². The van der Waals surface area contributed by atoms with Crippen LogP contribution in [-0.4, -0.2) is 49.6 Å². The molecule has 0 bridgehead atoms. The molecule has 1 aromatic rings. The van der Waals surface area contributed by atoms with Gasteiger partial charge in [-0.25, -0.2) is 0 Å². The molecule has 0 N–H and O–H groups in total. The molecule has 1 saturated carbocycles. The predicted octanol–water partition coefficient (Wildman–Crippen LogP) is 3.77. The minimum atomic E-state index is -0.100. The Morgan fingerprint density at radius 2 is 1.96 bits per heavy atom. The van der Waals surface area contributed by atoms with E-state index < -0.39 is 0 Å². The van der Waals surface area contributed by atoms with Crippen molar-refractivity contribution in [1.82, 2.24) is 4.90 Å². The second-order valence-corrected chi connectivity index (χ2v) is 9.03. The minimum absolute atomic E-state index is 0.0229. The van der Waals surface area contributed by atoms with Gasteiger partial charge in [-0.1, -0.05) is 18.0 Å². The van der Waals surface area contributed by atoms with Crippen LogP contribution in [0.3, 0.4) is 0 Å². The van der Waals surface area contributed by atoms with E-state index in [9.17, 15) is 9.59 Å². The summed E-state index contributed by atoms with van der Waals surface area (Å²) in [5.41, 5.74) is 2.08. The monoisotopic (exact) mass is 404 g/mol. The number of hydrogen-bond acceptors (Lipinski definition) is 3. The zero-order valence-corrected chi connectivity index (χ0v) is 17.5. The highest BCUT2D eigenvalue weighted by Crippen LogP contribution is 2.48. The average Bonchev–Trinajstić information content (AvgIpc) is 3.01. The first-order valence-corrected chi connectivity index (χ1v) is 10.7. The van der Waals surface area contributed by atoms with Crippen LogP contribution in [-0.2, 0) is 19.7 Å². The number of anilines is 1. The molecule has 6 heteroatoms. The van der Waals surface area contributed by atoms with Crippen LogP contribution in [0.5, 0.6) is 0 Å². The number of nitrogens with zero attached hydrogens (tertiary/aromatic N) is 2. The Balaban J connectivity index is 1.61. The van der Waals surface area contributed by atoms with E-state index in [0.717, 1.165) is 57.3 Å². The number of ether oxygens (including phenoxy) is 1. The maximum Gasteiger partial charge on any atom is 0.230 e. The molecule has 2 amide bonds. The van der Waals surface area contributed by atoms with E-state index in [4.69, 9.17) is 16.3 Å². The summed E-state index contributed by atoms with van der Waals surface area (Å²) in [6.45, 7) is 3.79. The third-order valence-electron chi connectivity index (χ3n) is 7.02. The summed E-state index contributed by atoms with van der Waals surface area (Å²) in [7, 11) is 1.74. The summed E-state index contributed by atoms with van der Waals surface area (Å²) in [6.07, 6.45) is 5.74. The number of fused-ring (bicyclic) bond motifs is 2. The number of carbonyl (C=O) groups is 2. The molecule has 5 nitrogen and oxygen atoms in total. The average molecular weight is 405 g/mol. The van der Waals surface area contributed by atoms with Crippen LogP contribution in [0.2, 0.25) is 5.02 Å². The summed E-state index contributed by atoms with van der Waals surface area (Å²) in [5, 5.41) is 0.707. The second-order valence-electron chi connectivity index (χ2n) is 8.59. The Hall–Kier alpha value is -1.59. The van der Waals surface area contributed by atoms with Crippen molar-refractivity contribution in [3.8, 4) is 0 Å². The number of amides is 2. The molecule has 0 radical (unpaired) electrons. The maximum absolute atomic E-state index is 13.5. The number of piperidine rings is 1. The molecule has 3 aliphatic rings. The van der Waals surface area contributed by atoms with Gasteiger partial charge >= 0.3 is 0 Å². The van der Waals surface area contributed by atoms with Crippen LogP contribution in [0, 0.1) is 5.92 Å². The molecule has 0 aromatic heterocycles. The predicted molar refractivity (Wildman–Crippen MR) is 110 cm³/mol. The lowest BCUT2D eigenvalue weighted by atomic mass is 9.74. The van der Waals surface area contributed by atoms with E-state index in [1.54, 1.807) is 14.0 Å². The Labute approximate surface area is 172 Å².